The molecule has 1 amide bonds. The molecule has 3 rings (SSSR count). The number of hydrogen-bond acceptors (Lipinski definition) is 3. The van der Waals surface area contributed by atoms with Gasteiger partial charge in [-0.25, -0.2) is 0 Å². The molecule has 0 aliphatic carbocycles. The standard InChI is InChI=1S/C20H20ClN3O2/c1-2-24-13-16(12-23-24)11-22-20(25)17-6-3-5-15(9-17)14-26-19-8-4-7-18(21)10-19/h3-10,12-13H,2,11,14H2,1H3,(H,22,25). The van der Waals surface area contributed by atoms with E-state index in [4.69, 9.17) is 16.3 Å². The molecule has 0 saturated heterocycles. The van der Waals surface area contributed by atoms with E-state index in [1.54, 1.807) is 24.4 Å². The van der Waals surface area contributed by atoms with Gasteiger partial charge in [0.15, 0.2) is 0 Å². The summed E-state index contributed by atoms with van der Waals surface area (Å²) in [5.41, 5.74) is 2.48. The van der Waals surface area contributed by atoms with Crippen molar-refractivity contribution in [2.45, 2.75) is 26.6 Å². The van der Waals surface area contributed by atoms with Crippen LogP contribution >= 0.6 is 11.6 Å². The van der Waals surface area contributed by atoms with Gasteiger partial charge in [-0.2, -0.15) is 5.10 Å². The van der Waals surface area contributed by atoms with E-state index in [0.717, 1.165) is 17.7 Å². The van der Waals surface area contributed by atoms with Gasteiger partial charge in [0.2, 0.25) is 0 Å². The Balaban J connectivity index is 1.58. The second-order valence-electron chi connectivity index (χ2n) is 5.83. The van der Waals surface area contributed by atoms with Crippen molar-refractivity contribution >= 4 is 17.5 Å². The van der Waals surface area contributed by atoms with Gasteiger partial charge in [0.05, 0.1) is 6.20 Å². The lowest BCUT2D eigenvalue weighted by Crippen LogP contribution is -2.22. The highest BCUT2D eigenvalue weighted by molar-refractivity contribution is 6.30. The topological polar surface area (TPSA) is 56.2 Å². The first-order valence-corrected chi connectivity index (χ1v) is 8.78. The molecule has 26 heavy (non-hydrogen) atoms. The predicted octanol–water partition coefficient (Wildman–Crippen LogP) is 4.07. The maximum Gasteiger partial charge on any atom is 0.251 e. The number of carbonyl (C=O) groups excluding carboxylic acids is 1. The van der Waals surface area contributed by atoms with E-state index in [1.165, 1.54) is 0 Å². The monoisotopic (exact) mass is 369 g/mol. The van der Waals surface area contributed by atoms with Crippen molar-refractivity contribution in [1.82, 2.24) is 15.1 Å². The fourth-order valence-corrected chi connectivity index (χ4v) is 2.66. The molecule has 0 radical (unpaired) electrons. The van der Waals surface area contributed by atoms with E-state index in [2.05, 4.69) is 10.4 Å². The molecule has 0 fully saturated rings. The zero-order chi connectivity index (χ0) is 18.4. The molecular weight excluding hydrogens is 350 g/mol. The van der Waals surface area contributed by atoms with Gasteiger partial charge in [-0.15, -0.1) is 0 Å². The zero-order valence-electron chi connectivity index (χ0n) is 14.5. The summed E-state index contributed by atoms with van der Waals surface area (Å²) in [5, 5.41) is 7.74. The summed E-state index contributed by atoms with van der Waals surface area (Å²) in [7, 11) is 0. The van der Waals surface area contributed by atoms with Gasteiger partial charge in [-0.1, -0.05) is 29.8 Å². The van der Waals surface area contributed by atoms with Gasteiger partial charge in [0.1, 0.15) is 12.4 Å². The molecule has 1 heterocycles. The van der Waals surface area contributed by atoms with Crippen LogP contribution in [-0.4, -0.2) is 15.7 Å². The summed E-state index contributed by atoms with van der Waals surface area (Å²) in [6, 6.07) is 14.6. The fraction of sp³-hybridized carbons (Fsp3) is 0.200. The molecule has 2 aromatic carbocycles. The Morgan fingerprint density at radius 2 is 2.04 bits per heavy atom. The van der Waals surface area contributed by atoms with Crippen molar-refractivity contribution in [2.75, 3.05) is 0 Å². The second-order valence-corrected chi connectivity index (χ2v) is 6.27. The van der Waals surface area contributed by atoms with Crippen molar-refractivity contribution in [1.29, 1.82) is 0 Å². The first-order valence-electron chi connectivity index (χ1n) is 8.41. The number of carbonyl (C=O) groups is 1. The van der Waals surface area contributed by atoms with Crippen LogP contribution in [0.15, 0.2) is 60.9 Å². The lowest BCUT2D eigenvalue weighted by atomic mass is 10.1. The summed E-state index contributed by atoms with van der Waals surface area (Å²) in [6.07, 6.45) is 3.69. The van der Waals surface area contributed by atoms with Crippen LogP contribution in [0.1, 0.15) is 28.4 Å². The molecule has 0 saturated carbocycles. The highest BCUT2D eigenvalue weighted by atomic mass is 35.5. The average Bonchev–Trinajstić information content (AvgIpc) is 3.13. The Labute approximate surface area is 157 Å². The molecule has 0 bridgehead atoms. The molecule has 0 spiro atoms. The third-order valence-corrected chi connectivity index (χ3v) is 4.09. The van der Waals surface area contributed by atoms with Crippen molar-refractivity contribution < 1.29 is 9.53 Å². The average molecular weight is 370 g/mol. The number of ether oxygens (including phenoxy) is 1. The van der Waals surface area contributed by atoms with E-state index in [1.807, 2.05) is 48.1 Å². The summed E-state index contributed by atoms with van der Waals surface area (Å²) in [6.45, 7) is 3.64. The Bertz CT molecular complexity index is 892. The number of rotatable bonds is 7. The molecule has 0 aliphatic rings. The number of aryl methyl sites for hydroxylation is 1. The van der Waals surface area contributed by atoms with Crippen molar-refractivity contribution in [2.24, 2.45) is 0 Å². The smallest absolute Gasteiger partial charge is 0.251 e. The number of nitrogens with zero attached hydrogens (tertiary/aromatic N) is 2. The summed E-state index contributed by atoms with van der Waals surface area (Å²) >= 11 is 5.95. The molecule has 6 heteroatoms. The Morgan fingerprint density at radius 1 is 1.19 bits per heavy atom. The molecule has 0 aliphatic heterocycles. The minimum Gasteiger partial charge on any atom is -0.489 e. The quantitative estimate of drug-likeness (QED) is 0.683. The van der Waals surface area contributed by atoms with Gasteiger partial charge < -0.3 is 10.1 Å². The minimum atomic E-state index is -0.126. The van der Waals surface area contributed by atoms with E-state index in [-0.39, 0.29) is 5.91 Å². The van der Waals surface area contributed by atoms with Crippen molar-refractivity contribution in [3.05, 3.63) is 82.6 Å². The van der Waals surface area contributed by atoms with Crippen LogP contribution in [0.2, 0.25) is 5.02 Å². The molecular formula is C20H20ClN3O2. The summed E-state index contributed by atoms with van der Waals surface area (Å²) in [4.78, 5) is 12.4. The Hall–Kier alpha value is -2.79. The van der Waals surface area contributed by atoms with Crippen LogP contribution in [0.3, 0.4) is 0 Å². The van der Waals surface area contributed by atoms with E-state index < -0.39 is 0 Å². The summed E-state index contributed by atoms with van der Waals surface area (Å²) in [5.74, 6) is 0.569. The molecule has 134 valence electrons. The zero-order valence-corrected chi connectivity index (χ0v) is 15.2. The lowest BCUT2D eigenvalue weighted by Gasteiger charge is -2.08. The van der Waals surface area contributed by atoms with Crippen molar-refractivity contribution in [3.8, 4) is 5.75 Å². The fourth-order valence-electron chi connectivity index (χ4n) is 2.48. The number of nitrogens with one attached hydrogen (secondary N) is 1. The van der Waals surface area contributed by atoms with Gasteiger partial charge in [0.25, 0.3) is 5.91 Å². The first kappa shape index (κ1) is 18.0. The van der Waals surface area contributed by atoms with Crippen LogP contribution < -0.4 is 10.1 Å². The molecule has 0 atom stereocenters. The third kappa shape index (κ3) is 4.86. The summed E-state index contributed by atoms with van der Waals surface area (Å²) < 4.78 is 7.55. The van der Waals surface area contributed by atoms with Crippen LogP contribution in [0.4, 0.5) is 0 Å². The highest BCUT2D eigenvalue weighted by Crippen LogP contribution is 2.18. The highest BCUT2D eigenvalue weighted by Gasteiger charge is 2.07. The van der Waals surface area contributed by atoms with Gasteiger partial charge in [0, 0.05) is 35.4 Å². The molecule has 0 unspecified atom stereocenters. The van der Waals surface area contributed by atoms with Crippen LogP contribution in [0.25, 0.3) is 0 Å². The predicted molar refractivity (Wildman–Crippen MR) is 101 cm³/mol. The lowest BCUT2D eigenvalue weighted by molar-refractivity contribution is 0.0950. The number of amides is 1. The van der Waals surface area contributed by atoms with E-state index in [0.29, 0.717) is 29.5 Å². The maximum atomic E-state index is 12.4. The van der Waals surface area contributed by atoms with Gasteiger partial charge >= 0.3 is 0 Å². The number of benzene rings is 2. The molecule has 1 N–H and O–H groups in total. The molecule has 3 aromatic rings. The normalized spacial score (nSPS) is 10.5. The van der Waals surface area contributed by atoms with Crippen LogP contribution in [0.5, 0.6) is 5.75 Å². The number of hydrogen-bond donors (Lipinski definition) is 1. The largest absolute Gasteiger partial charge is 0.489 e. The number of halogens is 1. The molecule has 5 nitrogen and oxygen atoms in total. The van der Waals surface area contributed by atoms with E-state index >= 15 is 0 Å². The maximum absolute atomic E-state index is 12.4. The van der Waals surface area contributed by atoms with Crippen LogP contribution in [0, 0.1) is 0 Å². The van der Waals surface area contributed by atoms with Crippen molar-refractivity contribution in [3.63, 3.8) is 0 Å². The Morgan fingerprint density at radius 3 is 2.81 bits per heavy atom. The second kappa shape index (κ2) is 8.54. The SMILES string of the molecule is CCn1cc(CNC(=O)c2cccc(COc3cccc(Cl)c3)c2)cn1. The first-order chi connectivity index (χ1) is 12.6. The van der Waals surface area contributed by atoms with Crippen LogP contribution in [-0.2, 0) is 19.7 Å². The minimum absolute atomic E-state index is 0.126. The van der Waals surface area contributed by atoms with Gasteiger partial charge in [-0.05, 0) is 42.8 Å². The Kier molecular flexibility index (Phi) is 5.92. The third-order valence-electron chi connectivity index (χ3n) is 3.85. The number of aromatic nitrogens is 2. The van der Waals surface area contributed by atoms with Gasteiger partial charge in [-0.3, -0.25) is 9.48 Å². The molecule has 1 aromatic heterocycles. The van der Waals surface area contributed by atoms with E-state index in [9.17, 15) is 4.79 Å².